The number of anilines is 2. The molecule has 0 heterocycles. The minimum atomic E-state index is -3.86. The molecule has 0 spiro atoms. The summed E-state index contributed by atoms with van der Waals surface area (Å²) < 4.78 is 27.5. The number of hydrogen-bond donors (Lipinski definition) is 0. The van der Waals surface area contributed by atoms with Gasteiger partial charge in [0, 0.05) is 24.8 Å². The smallest absolute Gasteiger partial charge is 0.264 e. The molecule has 0 radical (unpaired) electrons. The van der Waals surface area contributed by atoms with Gasteiger partial charge in [-0.25, -0.2) is 8.42 Å². The van der Waals surface area contributed by atoms with Gasteiger partial charge < -0.3 is 4.90 Å². The van der Waals surface area contributed by atoms with Crippen molar-refractivity contribution in [3.8, 4) is 6.07 Å². The molecule has 3 rings (SSSR count). The summed E-state index contributed by atoms with van der Waals surface area (Å²) in [6.45, 7) is 4.15. The standard InChI is InChI=1S/C25H25N3O3S/c1-19-13-14-23(17-20(19)2)28(16-8-15-26)25(29)21-9-7-12-24(18-21)32(30,31)27(3)22-10-5-4-6-11-22/h4-7,9-14,17-18H,8,16H2,1-3H3. The number of carbonyl (C=O) groups excluding carboxylic acids is 1. The maximum Gasteiger partial charge on any atom is 0.264 e. The monoisotopic (exact) mass is 447 g/mol. The van der Waals surface area contributed by atoms with Gasteiger partial charge >= 0.3 is 0 Å². The van der Waals surface area contributed by atoms with Crippen molar-refractivity contribution in [1.29, 1.82) is 5.26 Å². The molecule has 0 aliphatic rings. The lowest BCUT2D eigenvalue weighted by Gasteiger charge is -2.24. The second-order valence-corrected chi connectivity index (χ2v) is 9.44. The molecule has 0 aromatic heterocycles. The average Bonchev–Trinajstić information content (AvgIpc) is 2.81. The van der Waals surface area contributed by atoms with Crippen LogP contribution in [0.1, 0.15) is 27.9 Å². The van der Waals surface area contributed by atoms with E-state index in [4.69, 9.17) is 5.26 Å². The first-order chi connectivity index (χ1) is 15.3. The molecule has 0 aliphatic heterocycles. The molecular formula is C25H25N3O3S. The molecule has 3 aromatic carbocycles. The highest BCUT2D eigenvalue weighted by atomic mass is 32.2. The molecule has 0 saturated heterocycles. The number of carbonyl (C=O) groups is 1. The Bertz CT molecular complexity index is 1270. The fourth-order valence-electron chi connectivity index (χ4n) is 3.28. The Morgan fingerprint density at radius 2 is 1.62 bits per heavy atom. The Balaban J connectivity index is 1.98. The minimum Gasteiger partial charge on any atom is -0.307 e. The van der Waals surface area contributed by atoms with Gasteiger partial charge in [-0.2, -0.15) is 5.26 Å². The lowest BCUT2D eigenvalue weighted by atomic mass is 10.1. The van der Waals surface area contributed by atoms with Crippen molar-refractivity contribution < 1.29 is 13.2 Å². The zero-order chi connectivity index (χ0) is 23.3. The highest BCUT2D eigenvalue weighted by Gasteiger charge is 2.24. The van der Waals surface area contributed by atoms with Gasteiger partial charge in [-0.1, -0.05) is 30.3 Å². The second kappa shape index (κ2) is 9.67. The third kappa shape index (κ3) is 4.82. The molecule has 0 atom stereocenters. The number of amides is 1. The average molecular weight is 448 g/mol. The number of para-hydroxylation sites is 1. The van der Waals surface area contributed by atoms with E-state index in [1.54, 1.807) is 36.4 Å². The maximum absolute atomic E-state index is 13.4. The van der Waals surface area contributed by atoms with E-state index in [2.05, 4.69) is 6.07 Å². The summed E-state index contributed by atoms with van der Waals surface area (Å²) in [5.74, 6) is -0.358. The highest BCUT2D eigenvalue weighted by molar-refractivity contribution is 7.92. The van der Waals surface area contributed by atoms with Crippen molar-refractivity contribution >= 4 is 27.3 Å². The highest BCUT2D eigenvalue weighted by Crippen LogP contribution is 2.25. The fourth-order valence-corrected chi connectivity index (χ4v) is 4.53. The van der Waals surface area contributed by atoms with E-state index in [9.17, 15) is 13.2 Å². The number of aryl methyl sites for hydroxylation is 2. The van der Waals surface area contributed by atoms with Gasteiger partial charge in [-0.15, -0.1) is 0 Å². The summed E-state index contributed by atoms with van der Waals surface area (Å²) in [5, 5.41) is 9.06. The second-order valence-electron chi connectivity index (χ2n) is 7.47. The molecule has 0 bridgehead atoms. The number of benzene rings is 3. The quantitative estimate of drug-likeness (QED) is 0.526. The SMILES string of the molecule is Cc1ccc(N(CCC#N)C(=O)c2cccc(S(=O)(=O)N(C)c3ccccc3)c2)cc1C. The van der Waals surface area contributed by atoms with Crippen LogP contribution < -0.4 is 9.21 Å². The van der Waals surface area contributed by atoms with Crippen LogP contribution >= 0.6 is 0 Å². The van der Waals surface area contributed by atoms with Crippen LogP contribution in [-0.2, 0) is 10.0 Å². The van der Waals surface area contributed by atoms with E-state index >= 15 is 0 Å². The van der Waals surface area contributed by atoms with Crippen LogP contribution in [0.2, 0.25) is 0 Å². The van der Waals surface area contributed by atoms with Gasteiger partial charge in [-0.3, -0.25) is 9.10 Å². The van der Waals surface area contributed by atoms with E-state index in [-0.39, 0.29) is 29.3 Å². The summed E-state index contributed by atoms with van der Waals surface area (Å²) in [5.41, 5.74) is 3.55. The van der Waals surface area contributed by atoms with Crippen LogP contribution in [0.3, 0.4) is 0 Å². The third-order valence-electron chi connectivity index (χ3n) is 5.35. The van der Waals surface area contributed by atoms with Crippen LogP contribution in [-0.4, -0.2) is 27.9 Å². The molecular weight excluding hydrogens is 422 g/mol. The van der Waals surface area contributed by atoms with Gasteiger partial charge in [-0.05, 0) is 67.4 Å². The Morgan fingerprint density at radius 3 is 2.28 bits per heavy atom. The molecule has 164 valence electrons. The minimum absolute atomic E-state index is 0.0232. The van der Waals surface area contributed by atoms with Crippen LogP contribution in [0.5, 0.6) is 0 Å². The molecule has 3 aromatic rings. The third-order valence-corrected chi connectivity index (χ3v) is 7.14. The van der Waals surface area contributed by atoms with E-state index in [0.717, 1.165) is 11.1 Å². The van der Waals surface area contributed by atoms with Crippen molar-refractivity contribution in [1.82, 2.24) is 0 Å². The van der Waals surface area contributed by atoms with Crippen molar-refractivity contribution in [2.24, 2.45) is 0 Å². The first-order valence-electron chi connectivity index (χ1n) is 10.2. The zero-order valence-corrected chi connectivity index (χ0v) is 19.1. The normalized spacial score (nSPS) is 10.9. The van der Waals surface area contributed by atoms with Crippen LogP contribution in [0, 0.1) is 25.2 Å². The van der Waals surface area contributed by atoms with Gasteiger partial charge in [0.1, 0.15) is 0 Å². The number of rotatable bonds is 7. The van der Waals surface area contributed by atoms with E-state index < -0.39 is 10.0 Å². The zero-order valence-electron chi connectivity index (χ0n) is 18.3. The summed E-state index contributed by atoms with van der Waals surface area (Å²) in [6.07, 6.45) is 0.160. The molecule has 0 N–H and O–H groups in total. The predicted molar refractivity (Wildman–Crippen MR) is 126 cm³/mol. The largest absolute Gasteiger partial charge is 0.307 e. The summed E-state index contributed by atoms with van der Waals surface area (Å²) in [7, 11) is -2.38. The Kier molecular flexibility index (Phi) is 6.96. The molecule has 0 unspecified atom stereocenters. The van der Waals surface area contributed by atoms with E-state index in [0.29, 0.717) is 11.4 Å². The summed E-state index contributed by atoms with van der Waals surface area (Å²) in [4.78, 5) is 14.9. The first-order valence-corrected chi connectivity index (χ1v) is 11.6. The number of nitriles is 1. The van der Waals surface area contributed by atoms with Crippen molar-refractivity contribution in [3.05, 3.63) is 89.5 Å². The first kappa shape index (κ1) is 23.0. The molecule has 7 heteroatoms. The van der Waals surface area contributed by atoms with Gasteiger partial charge in [0.2, 0.25) is 0 Å². The van der Waals surface area contributed by atoms with E-state index in [1.165, 1.54) is 28.4 Å². The van der Waals surface area contributed by atoms with Crippen LogP contribution in [0.15, 0.2) is 77.7 Å². The predicted octanol–water partition coefficient (Wildman–Crippen LogP) is 4.69. The molecule has 0 aliphatic carbocycles. The Hall–Kier alpha value is -3.63. The van der Waals surface area contributed by atoms with Gasteiger partial charge in [0.05, 0.1) is 23.1 Å². The van der Waals surface area contributed by atoms with Gasteiger partial charge in [0.25, 0.3) is 15.9 Å². The molecule has 6 nitrogen and oxygen atoms in total. The number of sulfonamides is 1. The Labute approximate surface area is 189 Å². The fraction of sp³-hybridized carbons (Fsp3) is 0.200. The van der Waals surface area contributed by atoms with Crippen molar-refractivity contribution in [2.45, 2.75) is 25.2 Å². The molecule has 0 saturated carbocycles. The topological polar surface area (TPSA) is 81.5 Å². The number of hydrogen-bond acceptors (Lipinski definition) is 4. The van der Waals surface area contributed by atoms with Crippen LogP contribution in [0.4, 0.5) is 11.4 Å². The Morgan fingerprint density at radius 1 is 0.906 bits per heavy atom. The summed E-state index contributed by atoms with van der Waals surface area (Å²) in [6, 6.07) is 22.5. The van der Waals surface area contributed by atoms with Crippen LogP contribution in [0.25, 0.3) is 0 Å². The lowest BCUT2D eigenvalue weighted by Crippen LogP contribution is -2.32. The van der Waals surface area contributed by atoms with Crippen molar-refractivity contribution in [3.63, 3.8) is 0 Å². The molecule has 32 heavy (non-hydrogen) atoms. The summed E-state index contributed by atoms with van der Waals surface area (Å²) >= 11 is 0. The van der Waals surface area contributed by atoms with Gasteiger partial charge in [0.15, 0.2) is 0 Å². The molecule has 1 amide bonds. The molecule has 0 fully saturated rings. The number of nitrogens with zero attached hydrogens (tertiary/aromatic N) is 3. The lowest BCUT2D eigenvalue weighted by molar-refractivity contribution is 0.0987. The van der Waals surface area contributed by atoms with Crippen molar-refractivity contribution in [2.75, 3.05) is 22.8 Å². The maximum atomic E-state index is 13.4. The van der Waals surface area contributed by atoms with E-state index in [1.807, 2.05) is 38.1 Å².